The third-order valence-electron chi connectivity index (χ3n) is 4.77. The predicted molar refractivity (Wildman–Crippen MR) is 126 cm³/mol. The van der Waals surface area contributed by atoms with E-state index in [4.69, 9.17) is 9.47 Å². The largest absolute Gasteiger partial charge is 0.494 e. The number of aromatic nitrogens is 2. The second kappa shape index (κ2) is 12.3. The first-order chi connectivity index (χ1) is 15.7. The third kappa shape index (κ3) is 7.27. The zero-order chi connectivity index (χ0) is 22.6. The second-order valence-electron chi connectivity index (χ2n) is 7.24. The van der Waals surface area contributed by atoms with Crippen LogP contribution in [0, 0.1) is 0 Å². The molecular formula is C25H30N4O3. The van der Waals surface area contributed by atoms with E-state index in [1.807, 2.05) is 61.5 Å². The van der Waals surface area contributed by atoms with Gasteiger partial charge in [-0.2, -0.15) is 0 Å². The maximum atomic E-state index is 12.0. The molecule has 1 aromatic heterocycles. The van der Waals surface area contributed by atoms with Crippen molar-refractivity contribution in [3.05, 3.63) is 66.2 Å². The molecule has 0 atom stereocenters. The monoisotopic (exact) mass is 434 g/mol. The van der Waals surface area contributed by atoms with Gasteiger partial charge in [0.15, 0.2) is 0 Å². The highest BCUT2D eigenvalue weighted by atomic mass is 16.5. The summed E-state index contributed by atoms with van der Waals surface area (Å²) in [5.41, 5.74) is 3.74. The lowest BCUT2D eigenvalue weighted by atomic mass is 10.1. The number of amides is 2. The van der Waals surface area contributed by atoms with Crippen LogP contribution in [0.3, 0.4) is 0 Å². The molecule has 7 heteroatoms. The molecule has 0 spiro atoms. The first-order valence-electron chi connectivity index (χ1n) is 11.0. The van der Waals surface area contributed by atoms with Crippen LogP contribution in [0.1, 0.15) is 32.3 Å². The Kier molecular flexibility index (Phi) is 8.86. The molecule has 7 nitrogen and oxygen atoms in total. The quantitative estimate of drug-likeness (QED) is 0.411. The van der Waals surface area contributed by atoms with Gasteiger partial charge in [-0.05, 0) is 67.8 Å². The van der Waals surface area contributed by atoms with Gasteiger partial charge in [0.2, 0.25) is 5.88 Å². The molecule has 0 saturated carbocycles. The van der Waals surface area contributed by atoms with Crippen LogP contribution in [0.4, 0.5) is 10.5 Å². The lowest BCUT2D eigenvalue weighted by Gasteiger charge is -2.09. The maximum Gasteiger partial charge on any atom is 0.319 e. The molecule has 0 aliphatic carbocycles. The Labute approximate surface area is 189 Å². The Morgan fingerprint density at radius 3 is 2.34 bits per heavy atom. The summed E-state index contributed by atoms with van der Waals surface area (Å²) in [4.78, 5) is 12.0. The number of hydrogen-bond donors (Lipinski definition) is 2. The summed E-state index contributed by atoms with van der Waals surface area (Å²) in [6.45, 7) is 5.40. The molecular weight excluding hydrogens is 404 g/mol. The summed E-state index contributed by atoms with van der Waals surface area (Å²) < 4.78 is 11.0. The van der Waals surface area contributed by atoms with Gasteiger partial charge >= 0.3 is 6.03 Å². The van der Waals surface area contributed by atoms with Gasteiger partial charge in [0.05, 0.1) is 18.8 Å². The molecule has 1 heterocycles. The summed E-state index contributed by atoms with van der Waals surface area (Å²) in [6.07, 6.45) is 3.40. The van der Waals surface area contributed by atoms with Crippen molar-refractivity contribution in [2.45, 2.75) is 33.1 Å². The van der Waals surface area contributed by atoms with Crippen LogP contribution in [-0.2, 0) is 6.42 Å². The first-order valence-corrected chi connectivity index (χ1v) is 11.0. The van der Waals surface area contributed by atoms with Gasteiger partial charge < -0.3 is 20.1 Å². The average Bonchev–Trinajstić information content (AvgIpc) is 2.82. The van der Waals surface area contributed by atoms with Crippen molar-refractivity contribution in [2.24, 2.45) is 0 Å². The minimum atomic E-state index is -0.271. The number of anilines is 1. The van der Waals surface area contributed by atoms with Crippen LogP contribution in [0.15, 0.2) is 60.7 Å². The highest BCUT2D eigenvalue weighted by Crippen LogP contribution is 2.21. The second-order valence-corrected chi connectivity index (χ2v) is 7.24. The molecule has 32 heavy (non-hydrogen) atoms. The first kappa shape index (κ1) is 23.1. The highest BCUT2D eigenvalue weighted by Gasteiger charge is 2.04. The lowest BCUT2D eigenvalue weighted by molar-refractivity contribution is 0.246. The SMILES string of the molecule is CCCCc1ccc(NC(=O)NCCOc2ccc(-c3ccc(OCC)cc3)nn2)cc1. The Hall–Kier alpha value is -3.61. The number of ether oxygens (including phenoxy) is 2. The highest BCUT2D eigenvalue weighted by molar-refractivity contribution is 5.89. The van der Waals surface area contributed by atoms with Crippen LogP contribution < -0.4 is 20.1 Å². The van der Waals surface area contributed by atoms with Crippen molar-refractivity contribution in [1.29, 1.82) is 0 Å². The predicted octanol–water partition coefficient (Wildman–Crippen LogP) is 5.09. The molecule has 0 saturated heterocycles. The molecule has 0 radical (unpaired) electrons. The molecule has 0 aliphatic rings. The van der Waals surface area contributed by atoms with Gasteiger partial charge in [0.1, 0.15) is 12.4 Å². The molecule has 3 rings (SSSR count). The van der Waals surface area contributed by atoms with Gasteiger partial charge in [-0.3, -0.25) is 0 Å². The number of rotatable bonds is 11. The summed E-state index contributed by atoms with van der Waals surface area (Å²) in [7, 11) is 0. The maximum absolute atomic E-state index is 12.0. The van der Waals surface area contributed by atoms with Crippen LogP contribution >= 0.6 is 0 Å². The lowest BCUT2D eigenvalue weighted by Crippen LogP contribution is -2.32. The number of unbranched alkanes of at least 4 members (excludes halogenated alkanes) is 1. The van der Waals surface area contributed by atoms with Crippen molar-refractivity contribution in [2.75, 3.05) is 25.1 Å². The van der Waals surface area contributed by atoms with Gasteiger partial charge in [0, 0.05) is 17.3 Å². The number of aryl methyl sites for hydroxylation is 1. The summed E-state index contributed by atoms with van der Waals surface area (Å²) in [5, 5.41) is 13.9. The Balaban J connectivity index is 1.38. The van der Waals surface area contributed by atoms with Crippen LogP contribution in [-0.4, -0.2) is 36.0 Å². The van der Waals surface area contributed by atoms with Gasteiger partial charge in [-0.1, -0.05) is 25.5 Å². The normalized spacial score (nSPS) is 10.4. The fourth-order valence-corrected chi connectivity index (χ4v) is 3.07. The number of hydrogen-bond acceptors (Lipinski definition) is 5. The van der Waals surface area contributed by atoms with E-state index >= 15 is 0 Å². The summed E-state index contributed by atoms with van der Waals surface area (Å²) >= 11 is 0. The molecule has 0 bridgehead atoms. The van der Waals surface area contributed by atoms with E-state index in [1.165, 1.54) is 18.4 Å². The van der Waals surface area contributed by atoms with Gasteiger partial charge in [0.25, 0.3) is 0 Å². The van der Waals surface area contributed by atoms with E-state index in [0.29, 0.717) is 25.6 Å². The number of urea groups is 1. The van der Waals surface area contributed by atoms with E-state index in [2.05, 4.69) is 27.8 Å². The molecule has 0 unspecified atom stereocenters. The molecule has 2 amide bonds. The smallest absolute Gasteiger partial charge is 0.319 e. The van der Waals surface area contributed by atoms with E-state index in [9.17, 15) is 4.79 Å². The molecule has 0 aliphatic heterocycles. The average molecular weight is 435 g/mol. The Morgan fingerprint density at radius 1 is 0.906 bits per heavy atom. The van der Waals surface area contributed by atoms with Crippen molar-refractivity contribution in [3.63, 3.8) is 0 Å². The minimum absolute atomic E-state index is 0.271. The summed E-state index contributed by atoms with van der Waals surface area (Å²) in [5.74, 6) is 1.23. The Morgan fingerprint density at radius 2 is 1.69 bits per heavy atom. The van der Waals surface area contributed by atoms with E-state index < -0.39 is 0 Å². The Bertz CT molecular complexity index is 958. The van der Waals surface area contributed by atoms with Crippen molar-refractivity contribution in [3.8, 4) is 22.9 Å². The van der Waals surface area contributed by atoms with E-state index in [1.54, 1.807) is 6.07 Å². The number of carbonyl (C=O) groups excluding carboxylic acids is 1. The standard InChI is InChI=1S/C25H30N4O3/c1-3-5-6-19-7-11-21(12-8-19)27-25(30)26-17-18-32-24-16-15-23(28-29-24)20-9-13-22(14-10-20)31-4-2/h7-16H,3-6,17-18H2,1-2H3,(H2,26,27,30). The van der Waals surface area contributed by atoms with E-state index in [-0.39, 0.29) is 6.03 Å². The van der Waals surface area contributed by atoms with Crippen molar-refractivity contribution >= 4 is 11.7 Å². The van der Waals surface area contributed by atoms with Crippen LogP contribution in [0.5, 0.6) is 11.6 Å². The molecule has 3 aromatic rings. The molecule has 2 N–H and O–H groups in total. The van der Waals surface area contributed by atoms with Crippen molar-refractivity contribution < 1.29 is 14.3 Å². The fourth-order valence-electron chi connectivity index (χ4n) is 3.07. The fraction of sp³-hybridized carbons (Fsp3) is 0.320. The molecule has 2 aromatic carbocycles. The molecule has 168 valence electrons. The number of nitrogens with zero attached hydrogens (tertiary/aromatic N) is 2. The summed E-state index contributed by atoms with van der Waals surface area (Å²) in [6, 6.07) is 19.0. The van der Waals surface area contributed by atoms with Crippen LogP contribution in [0.2, 0.25) is 0 Å². The number of carbonyl (C=O) groups is 1. The van der Waals surface area contributed by atoms with Crippen molar-refractivity contribution in [1.82, 2.24) is 15.5 Å². The number of nitrogens with one attached hydrogen (secondary N) is 2. The van der Waals surface area contributed by atoms with E-state index in [0.717, 1.165) is 29.1 Å². The molecule has 0 fully saturated rings. The zero-order valence-corrected chi connectivity index (χ0v) is 18.6. The van der Waals surface area contributed by atoms with Crippen LogP contribution in [0.25, 0.3) is 11.3 Å². The van der Waals surface area contributed by atoms with Gasteiger partial charge in [-0.25, -0.2) is 4.79 Å². The zero-order valence-electron chi connectivity index (χ0n) is 18.6. The topological polar surface area (TPSA) is 85.4 Å². The third-order valence-corrected chi connectivity index (χ3v) is 4.77. The minimum Gasteiger partial charge on any atom is -0.494 e. The number of benzene rings is 2. The van der Waals surface area contributed by atoms with Gasteiger partial charge in [-0.15, -0.1) is 10.2 Å².